The molecule has 0 saturated carbocycles. The molecule has 1 unspecified atom stereocenters. The Hall–Kier alpha value is -2.80. The number of nitrogens with zero attached hydrogens (tertiary/aromatic N) is 2. The molecular formula is C23H17Cl3N2O4. The number of carbonyl (C=O) groups is 2. The van der Waals surface area contributed by atoms with Gasteiger partial charge < -0.3 is 9.15 Å². The molecule has 0 aliphatic carbocycles. The zero-order chi connectivity index (χ0) is 22.7. The largest absolute Gasteiger partial charge is 0.467 e. The second-order valence-electron chi connectivity index (χ2n) is 7.11. The number of hydrazone groups is 1. The predicted molar refractivity (Wildman–Crippen MR) is 122 cm³/mol. The van der Waals surface area contributed by atoms with E-state index in [4.69, 9.17) is 44.0 Å². The van der Waals surface area contributed by atoms with E-state index in [9.17, 15) is 9.59 Å². The molecule has 1 aliphatic heterocycles. The highest BCUT2D eigenvalue weighted by Gasteiger charge is 2.35. The van der Waals surface area contributed by atoms with Gasteiger partial charge in [0.25, 0.3) is 5.91 Å². The highest BCUT2D eigenvalue weighted by atomic mass is 35.5. The van der Waals surface area contributed by atoms with Crippen molar-refractivity contribution in [2.45, 2.75) is 18.9 Å². The van der Waals surface area contributed by atoms with Gasteiger partial charge in [-0.3, -0.25) is 9.59 Å². The molecule has 32 heavy (non-hydrogen) atoms. The van der Waals surface area contributed by atoms with Crippen LogP contribution >= 0.6 is 34.8 Å². The van der Waals surface area contributed by atoms with E-state index in [0.717, 1.165) is 5.56 Å². The van der Waals surface area contributed by atoms with Gasteiger partial charge in [-0.25, -0.2) is 5.01 Å². The van der Waals surface area contributed by atoms with Crippen molar-refractivity contribution >= 4 is 52.4 Å². The molecule has 164 valence electrons. The molecule has 0 bridgehead atoms. The third kappa shape index (κ3) is 5.15. The van der Waals surface area contributed by atoms with E-state index in [2.05, 4.69) is 5.10 Å². The Labute approximate surface area is 199 Å². The molecule has 0 saturated heterocycles. The molecule has 1 atom stereocenters. The smallest absolute Gasteiger partial charge is 0.310 e. The fourth-order valence-corrected chi connectivity index (χ4v) is 3.78. The molecule has 1 amide bonds. The molecule has 0 fully saturated rings. The molecule has 0 N–H and O–H groups in total. The highest BCUT2D eigenvalue weighted by molar-refractivity contribution is 6.42. The van der Waals surface area contributed by atoms with Crippen LogP contribution in [0.25, 0.3) is 0 Å². The van der Waals surface area contributed by atoms with Gasteiger partial charge in [0, 0.05) is 11.4 Å². The average molecular weight is 492 g/mol. The summed E-state index contributed by atoms with van der Waals surface area (Å²) in [5.41, 5.74) is 2.19. The molecule has 2 heterocycles. The van der Waals surface area contributed by atoms with Gasteiger partial charge >= 0.3 is 5.97 Å². The Morgan fingerprint density at radius 2 is 1.84 bits per heavy atom. The van der Waals surface area contributed by atoms with E-state index in [1.54, 1.807) is 42.5 Å². The summed E-state index contributed by atoms with van der Waals surface area (Å²) >= 11 is 17.8. The third-order valence-electron chi connectivity index (χ3n) is 4.90. The van der Waals surface area contributed by atoms with Gasteiger partial charge in [-0.2, -0.15) is 5.10 Å². The van der Waals surface area contributed by atoms with Crippen LogP contribution in [-0.2, 0) is 20.7 Å². The van der Waals surface area contributed by atoms with Crippen LogP contribution in [0.1, 0.15) is 29.3 Å². The van der Waals surface area contributed by atoms with Crippen molar-refractivity contribution in [2.75, 3.05) is 6.61 Å². The highest BCUT2D eigenvalue weighted by Crippen LogP contribution is 2.33. The Kier molecular flexibility index (Phi) is 6.84. The van der Waals surface area contributed by atoms with E-state index in [-0.39, 0.29) is 6.42 Å². The van der Waals surface area contributed by atoms with Gasteiger partial charge in [-0.15, -0.1) is 0 Å². The van der Waals surface area contributed by atoms with Crippen molar-refractivity contribution in [3.63, 3.8) is 0 Å². The maximum atomic E-state index is 12.9. The summed E-state index contributed by atoms with van der Waals surface area (Å²) in [7, 11) is 0. The molecule has 3 aromatic rings. The third-order valence-corrected chi connectivity index (χ3v) is 5.90. The zero-order valence-corrected chi connectivity index (χ0v) is 18.9. The van der Waals surface area contributed by atoms with E-state index in [0.29, 0.717) is 38.5 Å². The molecular weight excluding hydrogens is 475 g/mol. The van der Waals surface area contributed by atoms with Crippen LogP contribution in [0.4, 0.5) is 0 Å². The minimum Gasteiger partial charge on any atom is -0.467 e. The van der Waals surface area contributed by atoms with Gasteiger partial charge in [-0.1, -0.05) is 53.0 Å². The summed E-state index contributed by atoms with van der Waals surface area (Å²) in [6.07, 6.45) is 1.96. The molecule has 0 radical (unpaired) electrons. The standard InChI is InChI=1S/C23H17Cl3N2O4/c24-16-6-4-15(5-7-16)19-12-20(21-2-1-9-31-21)28(27-19)22(29)13-32-23(30)11-14-3-8-17(25)18(26)10-14/h1-10,20H,11-13H2. The normalized spacial score (nSPS) is 15.5. The Morgan fingerprint density at radius 3 is 2.53 bits per heavy atom. The van der Waals surface area contributed by atoms with E-state index < -0.39 is 24.5 Å². The topological polar surface area (TPSA) is 72.1 Å². The number of furan rings is 1. The van der Waals surface area contributed by atoms with E-state index in [1.165, 1.54) is 11.3 Å². The van der Waals surface area contributed by atoms with E-state index in [1.807, 2.05) is 12.1 Å². The molecule has 1 aliphatic rings. The fraction of sp³-hybridized carbons (Fsp3) is 0.174. The van der Waals surface area contributed by atoms with Crippen LogP contribution in [0.3, 0.4) is 0 Å². The van der Waals surface area contributed by atoms with Gasteiger partial charge in [0.2, 0.25) is 0 Å². The Morgan fingerprint density at radius 1 is 1.06 bits per heavy atom. The number of ether oxygens (including phenoxy) is 1. The minimum atomic E-state index is -0.563. The molecule has 4 rings (SSSR count). The lowest BCUT2D eigenvalue weighted by Crippen LogP contribution is -2.31. The van der Waals surface area contributed by atoms with Crippen molar-refractivity contribution < 1.29 is 18.7 Å². The molecule has 6 nitrogen and oxygen atoms in total. The van der Waals surface area contributed by atoms with Gasteiger partial charge in [0.15, 0.2) is 6.61 Å². The van der Waals surface area contributed by atoms with E-state index >= 15 is 0 Å². The summed E-state index contributed by atoms with van der Waals surface area (Å²) in [5.74, 6) is -0.432. The first-order valence-electron chi connectivity index (χ1n) is 9.69. The molecule has 2 aromatic carbocycles. The summed E-state index contributed by atoms with van der Waals surface area (Å²) in [4.78, 5) is 25.1. The SMILES string of the molecule is O=C(Cc1ccc(Cl)c(Cl)c1)OCC(=O)N1N=C(c2ccc(Cl)cc2)CC1c1ccco1. The molecule has 0 spiro atoms. The molecule has 9 heteroatoms. The zero-order valence-electron chi connectivity index (χ0n) is 16.6. The summed E-state index contributed by atoms with van der Waals surface area (Å²) < 4.78 is 10.7. The second-order valence-corrected chi connectivity index (χ2v) is 8.36. The second kappa shape index (κ2) is 9.77. The number of esters is 1. The average Bonchev–Trinajstić information content (AvgIpc) is 3.45. The van der Waals surface area contributed by atoms with Gasteiger partial charge in [-0.05, 0) is 47.5 Å². The lowest BCUT2D eigenvalue weighted by atomic mass is 10.0. The summed E-state index contributed by atoms with van der Waals surface area (Å²) in [6.45, 7) is -0.450. The number of hydrogen-bond donors (Lipinski definition) is 0. The maximum absolute atomic E-state index is 12.9. The lowest BCUT2D eigenvalue weighted by molar-refractivity contribution is -0.152. The predicted octanol–water partition coefficient (Wildman–Crippen LogP) is 5.70. The first-order valence-corrected chi connectivity index (χ1v) is 10.8. The van der Waals surface area contributed by atoms with Crippen LogP contribution < -0.4 is 0 Å². The minimum absolute atomic E-state index is 0.0366. The van der Waals surface area contributed by atoms with Crippen LogP contribution in [0.2, 0.25) is 15.1 Å². The van der Waals surface area contributed by atoms with Crippen molar-refractivity contribution in [3.05, 3.63) is 92.8 Å². The number of halogens is 3. The summed E-state index contributed by atoms with van der Waals surface area (Å²) in [6, 6.07) is 15.2. The first kappa shape index (κ1) is 22.4. The lowest BCUT2D eigenvalue weighted by Gasteiger charge is -2.19. The Bertz CT molecular complexity index is 1160. The number of benzene rings is 2. The first-order chi connectivity index (χ1) is 15.4. The van der Waals surface area contributed by atoms with Crippen molar-refractivity contribution in [1.29, 1.82) is 0 Å². The van der Waals surface area contributed by atoms with Crippen LogP contribution in [0.5, 0.6) is 0 Å². The van der Waals surface area contributed by atoms with Crippen LogP contribution in [-0.4, -0.2) is 29.2 Å². The maximum Gasteiger partial charge on any atom is 0.310 e. The number of rotatable bonds is 6. The van der Waals surface area contributed by atoms with Crippen molar-refractivity contribution in [1.82, 2.24) is 5.01 Å². The summed E-state index contributed by atoms with van der Waals surface area (Å²) in [5, 5.41) is 7.13. The Balaban J connectivity index is 1.45. The number of amides is 1. The molecule has 1 aromatic heterocycles. The van der Waals surface area contributed by atoms with Crippen molar-refractivity contribution in [2.24, 2.45) is 5.10 Å². The number of hydrogen-bond acceptors (Lipinski definition) is 5. The van der Waals surface area contributed by atoms with Crippen molar-refractivity contribution in [3.8, 4) is 0 Å². The fourth-order valence-electron chi connectivity index (χ4n) is 3.34. The van der Waals surface area contributed by atoms with Crippen LogP contribution in [0.15, 0.2) is 70.4 Å². The van der Waals surface area contributed by atoms with Crippen LogP contribution in [0, 0.1) is 0 Å². The van der Waals surface area contributed by atoms with Gasteiger partial charge in [0.05, 0.1) is 28.4 Å². The quantitative estimate of drug-likeness (QED) is 0.414. The van der Waals surface area contributed by atoms with Gasteiger partial charge in [0.1, 0.15) is 11.8 Å². The monoisotopic (exact) mass is 490 g/mol. The number of carbonyl (C=O) groups excluding carboxylic acids is 2.